The van der Waals surface area contributed by atoms with E-state index in [1.807, 2.05) is 25.1 Å². The van der Waals surface area contributed by atoms with Gasteiger partial charge in [-0.25, -0.2) is 4.39 Å². The molecule has 0 amide bonds. The quantitative estimate of drug-likeness (QED) is 0.829. The zero-order chi connectivity index (χ0) is 11.5. The van der Waals surface area contributed by atoms with Crippen molar-refractivity contribution in [2.75, 3.05) is 13.7 Å². The van der Waals surface area contributed by atoms with Gasteiger partial charge in [0.1, 0.15) is 11.4 Å². The van der Waals surface area contributed by atoms with Crippen LogP contribution in [0.2, 0.25) is 0 Å². The first-order chi connectivity index (χ1) is 6.98. The number of rotatable bonds is 4. The second kappa shape index (κ2) is 4.62. The normalized spacial score (nSPS) is 14.7. The number of aryl methyl sites for hydroxylation is 1. The van der Waals surface area contributed by atoms with Gasteiger partial charge < -0.3 is 10.5 Å². The zero-order valence-corrected chi connectivity index (χ0v) is 9.51. The second-order valence-electron chi connectivity index (χ2n) is 4.11. The van der Waals surface area contributed by atoms with Crippen LogP contribution in [0.5, 0.6) is 5.75 Å². The molecule has 1 aromatic rings. The van der Waals surface area contributed by atoms with E-state index in [0.29, 0.717) is 0 Å². The average Bonchev–Trinajstić information content (AvgIpc) is 2.18. The fourth-order valence-electron chi connectivity index (χ4n) is 1.51. The SMILES string of the molecule is COc1ccc(C)cc1CC(C)(F)CN. The maximum Gasteiger partial charge on any atom is 0.124 e. The molecular formula is C12H18FNO. The summed E-state index contributed by atoms with van der Waals surface area (Å²) in [7, 11) is 1.59. The van der Waals surface area contributed by atoms with E-state index in [9.17, 15) is 4.39 Å². The van der Waals surface area contributed by atoms with E-state index in [0.717, 1.165) is 16.9 Å². The highest BCUT2D eigenvalue weighted by Crippen LogP contribution is 2.25. The third-order valence-electron chi connectivity index (χ3n) is 2.42. The largest absolute Gasteiger partial charge is 0.496 e. The summed E-state index contributed by atoms with van der Waals surface area (Å²) >= 11 is 0. The fourth-order valence-corrected chi connectivity index (χ4v) is 1.51. The summed E-state index contributed by atoms with van der Waals surface area (Å²) in [4.78, 5) is 0. The first-order valence-corrected chi connectivity index (χ1v) is 5.01. The van der Waals surface area contributed by atoms with E-state index in [2.05, 4.69) is 0 Å². The van der Waals surface area contributed by atoms with E-state index in [1.165, 1.54) is 6.92 Å². The van der Waals surface area contributed by atoms with Crippen molar-refractivity contribution in [1.29, 1.82) is 0 Å². The Hall–Kier alpha value is -1.09. The number of hydrogen-bond donors (Lipinski definition) is 1. The van der Waals surface area contributed by atoms with E-state index in [1.54, 1.807) is 7.11 Å². The van der Waals surface area contributed by atoms with Crippen molar-refractivity contribution in [3.05, 3.63) is 29.3 Å². The summed E-state index contributed by atoms with van der Waals surface area (Å²) in [6, 6.07) is 5.74. The van der Waals surface area contributed by atoms with Gasteiger partial charge in [0.25, 0.3) is 0 Å². The van der Waals surface area contributed by atoms with Crippen LogP contribution in [0, 0.1) is 6.92 Å². The molecule has 0 saturated heterocycles. The standard InChI is InChI=1S/C12H18FNO/c1-9-4-5-11(15-3)10(6-9)7-12(2,13)8-14/h4-6H,7-8,14H2,1-3H3. The van der Waals surface area contributed by atoms with Gasteiger partial charge in [0.15, 0.2) is 0 Å². The van der Waals surface area contributed by atoms with E-state index >= 15 is 0 Å². The summed E-state index contributed by atoms with van der Waals surface area (Å²) in [6.45, 7) is 3.50. The van der Waals surface area contributed by atoms with Crippen LogP contribution in [0.4, 0.5) is 4.39 Å². The zero-order valence-electron chi connectivity index (χ0n) is 9.51. The van der Waals surface area contributed by atoms with Gasteiger partial charge in [-0.15, -0.1) is 0 Å². The summed E-state index contributed by atoms with van der Waals surface area (Å²) in [5.41, 5.74) is 5.96. The van der Waals surface area contributed by atoms with Gasteiger partial charge >= 0.3 is 0 Å². The highest BCUT2D eigenvalue weighted by atomic mass is 19.1. The Kier molecular flexibility index (Phi) is 3.69. The van der Waals surface area contributed by atoms with Crippen LogP contribution in [-0.4, -0.2) is 19.3 Å². The van der Waals surface area contributed by atoms with Gasteiger partial charge in [0.05, 0.1) is 7.11 Å². The predicted molar refractivity (Wildman–Crippen MR) is 60.0 cm³/mol. The molecule has 0 spiro atoms. The second-order valence-corrected chi connectivity index (χ2v) is 4.11. The number of halogens is 1. The van der Waals surface area contributed by atoms with Crippen molar-refractivity contribution in [3.63, 3.8) is 0 Å². The molecule has 1 rings (SSSR count). The molecule has 0 aliphatic rings. The Morgan fingerprint density at radius 1 is 1.47 bits per heavy atom. The first kappa shape index (κ1) is 12.0. The van der Waals surface area contributed by atoms with Crippen LogP contribution in [0.15, 0.2) is 18.2 Å². The first-order valence-electron chi connectivity index (χ1n) is 5.01. The van der Waals surface area contributed by atoms with Crippen molar-refractivity contribution in [2.45, 2.75) is 25.9 Å². The molecule has 1 atom stereocenters. The van der Waals surface area contributed by atoms with Gasteiger partial charge in [-0.2, -0.15) is 0 Å². The molecule has 2 N–H and O–H groups in total. The highest BCUT2D eigenvalue weighted by Gasteiger charge is 2.23. The summed E-state index contributed by atoms with van der Waals surface area (Å²) in [5, 5.41) is 0. The number of alkyl halides is 1. The molecule has 0 fully saturated rings. The van der Waals surface area contributed by atoms with Gasteiger partial charge in [-0.05, 0) is 25.5 Å². The van der Waals surface area contributed by atoms with Crippen molar-refractivity contribution < 1.29 is 9.13 Å². The van der Waals surface area contributed by atoms with Crippen LogP contribution in [0.1, 0.15) is 18.1 Å². The minimum Gasteiger partial charge on any atom is -0.496 e. The number of methoxy groups -OCH3 is 1. The molecule has 0 aliphatic carbocycles. The molecule has 84 valence electrons. The number of hydrogen-bond acceptors (Lipinski definition) is 2. The molecular weight excluding hydrogens is 193 g/mol. The molecule has 0 heterocycles. The minimum atomic E-state index is -1.37. The smallest absolute Gasteiger partial charge is 0.124 e. The van der Waals surface area contributed by atoms with E-state index < -0.39 is 5.67 Å². The monoisotopic (exact) mass is 211 g/mol. The average molecular weight is 211 g/mol. The predicted octanol–water partition coefficient (Wildman–Crippen LogP) is 2.23. The third-order valence-corrected chi connectivity index (χ3v) is 2.42. The lowest BCUT2D eigenvalue weighted by molar-refractivity contribution is 0.198. The van der Waals surface area contributed by atoms with Crippen LogP contribution < -0.4 is 10.5 Å². The third kappa shape index (κ3) is 3.20. The van der Waals surface area contributed by atoms with Crippen molar-refractivity contribution >= 4 is 0 Å². The van der Waals surface area contributed by atoms with Crippen molar-refractivity contribution in [3.8, 4) is 5.75 Å². The lowest BCUT2D eigenvalue weighted by atomic mass is 9.96. The van der Waals surface area contributed by atoms with Crippen LogP contribution >= 0.6 is 0 Å². The fraction of sp³-hybridized carbons (Fsp3) is 0.500. The topological polar surface area (TPSA) is 35.2 Å². The minimum absolute atomic E-state index is 0.0180. The van der Waals surface area contributed by atoms with Crippen LogP contribution in [0.3, 0.4) is 0 Å². The molecule has 3 heteroatoms. The molecule has 0 aliphatic heterocycles. The van der Waals surface area contributed by atoms with Crippen LogP contribution in [-0.2, 0) is 6.42 Å². The lowest BCUT2D eigenvalue weighted by Gasteiger charge is -2.19. The maximum absolute atomic E-state index is 13.8. The van der Waals surface area contributed by atoms with Gasteiger partial charge in [-0.1, -0.05) is 17.7 Å². The number of nitrogens with two attached hydrogens (primary N) is 1. The molecule has 1 unspecified atom stereocenters. The molecule has 0 aromatic heterocycles. The number of ether oxygens (including phenoxy) is 1. The highest BCUT2D eigenvalue weighted by molar-refractivity contribution is 5.37. The van der Waals surface area contributed by atoms with Crippen molar-refractivity contribution in [2.24, 2.45) is 5.73 Å². The Balaban J connectivity index is 2.97. The molecule has 0 radical (unpaired) electrons. The van der Waals surface area contributed by atoms with Crippen molar-refractivity contribution in [1.82, 2.24) is 0 Å². The molecule has 2 nitrogen and oxygen atoms in total. The summed E-state index contributed by atoms with van der Waals surface area (Å²) in [5.74, 6) is 0.720. The molecule has 1 aromatic carbocycles. The summed E-state index contributed by atoms with van der Waals surface area (Å²) in [6.07, 6.45) is 0.286. The Labute approximate surface area is 90.2 Å². The van der Waals surface area contributed by atoms with E-state index in [-0.39, 0.29) is 13.0 Å². The Bertz CT molecular complexity index is 336. The maximum atomic E-state index is 13.8. The number of benzene rings is 1. The lowest BCUT2D eigenvalue weighted by Crippen LogP contribution is -2.31. The Morgan fingerprint density at radius 3 is 2.67 bits per heavy atom. The van der Waals surface area contributed by atoms with Gasteiger partial charge in [-0.3, -0.25) is 0 Å². The van der Waals surface area contributed by atoms with Crippen LogP contribution in [0.25, 0.3) is 0 Å². The Morgan fingerprint density at radius 2 is 2.13 bits per heavy atom. The molecule has 0 bridgehead atoms. The summed E-state index contributed by atoms with van der Waals surface area (Å²) < 4.78 is 19.0. The molecule has 15 heavy (non-hydrogen) atoms. The molecule has 0 saturated carbocycles. The van der Waals surface area contributed by atoms with Gasteiger partial charge in [0.2, 0.25) is 0 Å². The van der Waals surface area contributed by atoms with Gasteiger partial charge in [0, 0.05) is 13.0 Å². The van der Waals surface area contributed by atoms with E-state index in [4.69, 9.17) is 10.5 Å².